The number of benzene rings is 1. The van der Waals surface area contributed by atoms with Gasteiger partial charge in [-0.25, -0.2) is 14.4 Å². The van der Waals surface area contributed by atoms with E-state index in [0.29, 0.717) is 26.8 Å². The summed E-state index contributed by atoms with van der Waals surface area (Å²) in [5.74, 6) is -1.01. The van der Waals surface area contributed by atoms with Gasteiger partial charge in [0.1, 0.15) is 22.0 Å². The van der Waals surface area contributed by atoms with E-state index in [1.54, 1.807) is 25.3 Å². The van der Waals surface area contributed by atoms with Crippen LogP contribution in [-0.4, -0.2) is 40.9 Å². The quantitative estimate of drug-likeness (QED) is 0.547. The molecule has 1 saturated heterocycles. The number of carbonyl (C=O) groups excluding carboxylic acids is 1. The zero-order chi connectivity index (χ0) is 22.8. The standard InChI is InChI=1S/C23H24ClFN4O2S/c1-13-4-5-18(31-12-19-28-17-10-16(24)11-26-23(17)32-19)21(25)20(13)22(30)27-14(2)15-6-8-29(3)9-7-15/h4-5,10-11,15H,2,6-9,12H2,1,3H3,(H,27,30). The first-order valence-electron chi connectivity index (χ1n) is 10.3. The minimum atomic E-state index is -0.694. The predicted molar refractivity (Wildman–Crippen MR) is 125 cm³/mol. The molecular weight excluding hydrogens is 451 g/mol. The highest BCUT2D eigenvalue weighted by molar-refractivity contribution is 7.18. The number of amides is 1. The SMILES string of the molecule is C=C(NC(=O)c1c(C)ccc(OCc2nc3cc(Cl)cnc3s2)c1F)C1CCN(C)CC1. The lowest BCUT2D eigenvalue weighted by Gasteiger charge is -2.30. The number of nitrogens with one attached hydrogen (secondary N) is 1. The molecule has 0 atom stereocenters. The Kier molecular flexibility index (Phi) is 6.74. The average Bonchev–Trinajstić information content (AvgIpc) is 3.15. The van der Waals surface area contributed by atoms with Crippen molar-refractivity contribution in [3.8, 4) is 5.75 Å². The van der Waals surface area contributed by atoms with Gasteiger partial charge in [-0.1, -0.05) is 35.6 Å². The van der Waals surface area contributed by atoms with E-state index in [-0.39, 0.29) is 23.8 Å². The number of nitrogens with zero attached hydrogens (tertiary/aromatic N) is 3. The molecule has 0 bridgehead atoms. The predicted octanol–water partition coefficient (Wildman–Crippen LogP) is 4.96. The molecule has 6 nitrogen and oxygen atoms in total. The van der Waals surface area contributed by atoms with Crippen LogP contribution in [0.15, 0.2) is 36.7 Å². The molecule has 2 aromatic heterocycles. The van der Waals surface area contributed by atoms with Gasteiger partial charge in [0.05, 0.1) is 10.6 Å². The molecule has 1 N–H and O–H groups in total. The second-order valence-corrected chi connectivity index (χ2v) is 9.50. The smallest absolute Gasteiger partial charge is 0.258 e. The minimum Gasteiger partial charge on any atom is -0.483 e. The van der Waals surface area contributed by atoms with E-state index in [2.05, 4.69) is 33.8 Å². The Bertz CT molecular complexity index is 1170. The first-order chi connectivity index (χ1) is 15.3. The minimum absolute atomic E-state index is 0.00380. The number of thiazole rings is 1. The number of halogens is 2. The summed E-state index contributed by atoms with van der Waals surface area (Å²) in [6.45, 7) is 7.68. The van der Waals surface area contributed by atoms with E-state index in [9.17, 15) is 4.79 Å². The molecule has 3 aromatic rings. The van der Waals surface area contributed by atoms with Crippen LogP contribution in [0.1, 0.15) is 33.8 Å². The second-order valence-electron chi connectivity index (χ2n) is 8.00. The fourth-order valence-electron chi connectivity index (χ4n) is 3.76. The molecule has 0 saturated carbocycles. The number of hydrogen-bond donors (Lipinski definition) is 1. The van der Waals surface area contributed by atoms with Crippen molar-refractivity contribution in [2.75, 3.05) is 20.1 Å². The van der Waals surface area contributed by atoms with Crippen molar-refractivity contribution in [2.24, 2.45) is 5.92 Å². The van der Waals surface area contributed by atoms with Crippen molar-refractivity contribution in [1.29, 1.82) is 0 Å². The summed E-state index contributed by atoms with van der Waals surface area (Å²) in [5.41, 5.74) is 1.79. The third-order valence-corrected chi connectivity index (χ3v) is 6.80. The molecule has 168 valence electrons. The number of fused-ring (bicyclic) bond motifs is 1. The fraction of sp³-hybridized carbons (Fsp3) is 0.348. The van der Waals surface area contributed by atoms with Crippen LogP contribution in [0.5, 0.6) is 5.75 Å². The van der Waals surface area contributed by atoms with Crippen molar-refractivity contribution in [2.45, 2.75) is 26.4 Å². The molecule has 1 aromatic carbocycles. The van der Waals surface area contributed by atoms with E-state index in [0.717, 1.165) is 30.8 Å². The van der Waals surface area contributed by atoms with Gasteiger partial charge in [0.2, 0.25) is 0 Å². The Morgan fingerprint density at radius 2 is 2.16 bits per heavy atom. The van der Waals surface area contributed by atoms with Crippen LogP contribution in [0.25, 0.3) is 10.3 Å². The number of ether oxygens (including phenoxy) is 1. The molecule has 0 spiro atoms. The van der Waals surface area contributed by atoms with Crippen LogP contribution in [0.2, 0.25) is 5.02 Å². The number of piperidine rings is 1. The Morgan fingerprint density at radius 1 is 1.41 bits per heavy atom. The van der Waals surface area contributed by atoms with E-state index in [1.165, 1.54) is 17.4 Å². The molecule has 32 heavy (non-hydrogen) atoms. The molecule has 4 rings (SSSR count). The lowest BCUT2D eigenvalue weighted by atomic mass is 9.94. The van der Waals surface area contributed by atoms with Gasteiger partial charge in [-0.2, -0.15) is 0 Å². The highest BCUT2D eigenvalue weighted by Gasteiger charge is 2.24. The van der Waals surface area contributed by atoms with Crippen LogP contribution in [0, 0.1) is 18.7 Å². The summed E-state index contributed by atoms with van der Waals surface area (Å²) in [6, 6.07) is 4.91. The number of hydrogen-bond acceptors (Lipinski definition) is 6. The van der Waals surface area contributed by atoms with Gasteiger partial charge < -0.3 is 15.0 Å². The second kappa shape index (κ2) is 9.52. The zero-order valence-corrected chi connectivity index (χ0v) is 19.5. The highest BCUT2D eigenvalue weighted by Crippen LogP contribution is 2.28. The molecule has 0 radical (unpaired) electrons. The Morgan fingerprint density at radius 3 is 2.91 bits per heavy atom. The van der Waals surface area contributed by atoms with Crippen LogP contribution < -0.4 is 10.1 Å². The normalized spacial score (nSPS) is 15.1. The molecule has 9 heteroatoms. The third-order valence-electron chi connectivity index (χ3n) is 5.64. The maximum absolute atomic E-state index is 15.2. The Labute approximate surface area is 195 Å². The van der Waals surface area contributed by atoms with Gasteiger partial charge in [0, 0.05) is 17.8 Å². The molecular formula is C23H24ClFN4O2S. The third kappa shape index (κ3) is 4.92. The van der Waals surface area contributed by atoms with Gasteiger partial charge in [-0.15, -0.1) is 0 Å². The highest BCUT2D eigenvalue weighted by atomic mass is 35.5. The first-order valence-corrected chi connectivity index (χ1v) is 11.5. The van der Waals surface area contributed by atoms with Gasteiger partial charge in [-0.05, 0) is 57.6 Å². The molecule has 1 fully saturated rings. The summed E-state index contributed by atoms with van der Waals surface area (Å²) in [5, 5.41) is 3.94. The molecule has 0 aliphatic carbocycles. The summed E-state index contributed by atoms with van der Waals surface area (Å²) in [6.07, 6.45) is 3.39. The van der Waals surface area contributed by atoms with Crippen molar-refractivity contribution in [1.82, 2.24) is 20.2 Å². The monoisotopic (exact) mass is 474 g/mol. The number of carbonyl (C=O) groups is 1. The van der Waals surface area contributed by atoms with Gasteiger partial charge in [-0.3, -0.25) is 4.79 Å². The van der Waals surface area contributed by atoms with Gasteiger partial charge in [0.15, 0.2) is 11.6 Å². The van der Waals surface area contributed by atoms with Crippen molar-refractivity contribution < 1.29 is 13.9 Å². The summed E-state index contributed by atoms with van der Waals surface area (Å²) < 4.78 is 20.9. The molecule has 0 unspecified atom stereocenters. The van der Waals surface area contributed by atoms with E-state index in [4.69, 9.17) is 16.3 Å². The van der Waals surface area contributed by atoms with E-state index in [1.807, 2.05) is 0 Å². The summed E-state index contributed by atoms with van der Waals surface area (Å²) >= 11 is 7.30. The van der Waals surface area contributed by atoms with Crippen LogP contribution >= 0.6 is 22.9 Å². The number of aryl methyl sites for hydroxylation is 1. The van der Waals surface area contributed by atoms with Crippen molar-refractivity contribution in [3.05, 3.63) is 63.6 Å². The van der Waals surface area contributed by atoms with Crippen LogP contribution in [-0.2, 0) is 6.61 Å². The van der Waals surface area contributed by atoms with Crippen LogP contribution in [0.3, 0.4) is 0 Å². The number of aromatic nitrogens is 2. The number of allylic oxidation sites excluding steroid dienone is 1. The fourth-order valence-corrected chi connectivity index (χ4v) is 4.71. The van der Waals surface area contributed by atoms with Crippen molar-refractivity contribution >= 4 is 39.2 Å². The van der Waals surface area contributed by atoms with Gasteiger partial charge in [0.25, 0.3) is 5.91 Å². The molecule has 1 amide bonds. The average molecular weight is 475 g/mol. The molecule has 1 aliphatic rings. The maximum Gasteiger partial charge on any atom is 0.258 e. The number of likely N-dealkylation sites (tertiary alicyclic amines) is 1. The number of rotatable bonds is 6. The summed E-state index contributed by atoms with van der Waals surface area (Å²) in [7, 11) is 2.07. The lowest BCUT2D eigenvalue weighted by molar-refractivity contribution is 0.0952. The Balaban J connectivity index is 1.46. The maximum atomic E-state index is 15.2. The van der Waals surface area contributed by atoms with Crippen LogP contribution in [0.4, 0.5) is 4.39 Å². The Hall–Kier alpha value is -2.55. The lowest BCUT2D eigenvalue weighted by Crippen LogP contribution is -2.35. The topological polar surface area (TPSA) is 67.3 Å². The van der Waals surface area contributed by atoms with E-state index < -0.39 is 11.7 Å². The van der Waals surface area contributed by atoms with Gasteiger partial charge >= 0.3 is 0 Å². The first kappa shape index (κ1) is 22.6. The largest absolute Gasteiger partial charge is 0.483 e. The molecule has 1 aliphatic heterocycles. The molecule has 3 heterocycles. The summed E-state index contributed by atoms with van der Waals surface area (Å²) in [4.78, 5) is 24.5. The number of pyridine rings is 1. The van der Waals surface area contributed by atoms with Crippen molar-refractivity contribution in [3.63, 3.8) is 0 Å². The zero-order valence-electron chi connectivity index (χ0n) is 18.0. The van der Waals surface area contributed by atoms with E-state index >= 15 is 4.39 Å².